The predicted molar refractivity (Wildman–Crippen MR) is 91.4 cm³/mol. The van der Waals surface area contributed by atoms with Crippen molar-refractivity contribution in [2.75, 3.05) is 26.3 Å². The summed E-state index contributed by atoms with van der Waals surface area (Å²) in [5.74, 6) is 0.549. The zero-order valence-electron chi connectivity index (χ0n) is 13.6. The van der Waals surface area contributed by atoms with Gasteiger partial charge in [-0.3, -0.25) is 9.69 Å². The number of carbonyl (C=O) groups excluding carboxylic acids is 1. The van der Waals surface area contributed by atoms with Crippen LogP contribution in [0.4, 0.5) is 0 Å². The lowest BCUT2D eigenvalue weighted by atomic mass is 9.69. The van der Waals surface area contributed by atoms with Gasteiger partial charge in [-0.15, -0.1) is 0 Å². The van der Waals surface area contributed by atoms with Crippen molar-refractivity contribution in [1.29, 1.82) is 0 Å². The summed E-state index contributed by atoms with van der Waals surface area (Å²) in [6.07, 6.45) is 5.59. The van der Waals surface area contributed by atoms with Crippen LogP contribution in [0.1, 0.15) is 37.7 Å². The minimum atomic E-state index is 0.215. The number of amides is 1. The van der Waals surface area contributed by atoms with Crippen LogP contribution in [0.5, 0.6) is 0 Å². The number of ether oxygens (including phenoxy) is 1. The Labute approximate surface area is 142 Å². The molecule has 23 heavy (non-hydrogen) atoms. The van der Waals surface area contributed by atoms with Crippen LogP contribution in [0.2, 0.25) is 0 Å². The highest BCUT2D eigenvalue weighted by Gasteiger charge is 2.45. The second-order valence-corrected chi connectivity index (χ2v) is 8.21. The summed E-state index contributed by atoms with van der Waals surface area (Å²) in [4.78, 5) is 14.8. The van der Waals surface area contributed by atoms with E-state index in [4.69, 9.17) is 4.74 Å². The first kappa shape index (κ1) is 15.6. The lowest BCUT2D eigenvalue weighted by Crippen LogP contribution is -2.57. The predicted octanol–water partition coefficient (Wildman–Crippen LogP) is 2.65. The number of nitrogens with zero attached hydrogens (tertiary/aromatic N) is 1. The lowest BCUT2D eigenvalue weighted by Gasteiger charge is -2.49. The fourth-order valence-corrected chi connectivity index (χ4v) is 4.71. The molecule has 1 aromatic heterocycles. The number of likely N-dealkylation sites (tertiary alicyclic amines) is 1. The van der Waals surface area contributed by atoms with E-state index in [9.17, 15) is 4.79 Å². The zero-order chi connectivity index (χ0) is 15.7. The lowest BCUT2D eigenvalue weighted by molar-refractivity contribution is -0.127. The molecular weight excluding hydrogens is 308 g/mol. The van der Waals surface area contributed by atoms with E-state index < -0.39 is 0 Å². The maximum absolute atomic E-state index is 12.2. The molecule has 0 aromatic carbocycles. The molecule has 1 aromatic rings. The molecule has 1 saturated carbocycles. The number of carbonyl (C=O) groups is 1. The van der Waals surface area contributed by atoms with Crippen molar-refractivity contribution < 1.29 is 9.53 Å². The Morgan fingerprint density at radius 2 is 2.17 bits per heavy atom. The van der Waals surface area contributed by atoms with Gasteiger partial charge in [-0.25, -0.2) is 0 Å². The molecule has 4 nitrogen and oxygen atoms in total. The summed E-state index contributed by atoms with van der Waals surface area (Å²) in [6, 6.07) is 2.44. The van der Waals surface area contributed by atoms with E-state index in [2.05, 4.69) is 27.0 Å². The quantitative estimate of drug-likeness (QED) is 0.920. The first-order valence-electron chi connectivity index (χ1n) is 8.87. The third kappa shape index (κ3) is 3.47. The normalized spacial score (nSPS) is 27.9. The molecule has 1 atom stereocenters. The SMILES string of the molecule is O=C(NC1COCCC12CCN(Cc1ccsc1)CC2)C1CC1. The molecule has 1 aliphatic carbocycles. The number of hydrogen-bond donors (Lipinski definition) is 1. The second kappa shape index (κ2) is 6.54. The number of piperidine rings is 1. The monoisotopic (exact) mass is 334 g/mol. The highest BCUT2D eigenvalue weighted by atomic mass is 32.1. The number of nitrogens with one attached hydrogen (secondary N) is 1. The van der Waals surface area contributed by atoms with Gasteiger partial charge >= 0.3 is 0 Å². The van der Waals surface area contributed by atoms with Crippen LogP contribution in [0.25, 0.3) is 0 Å². The van der Waals surface area contributed by atoms with Gasteiger partial charge in [0.1, 0.15) is 0 Å². The van der Waals surface area contributed by atoms with E-state index in [-0.39, 0.29) is 23.3 Å². The third-order valence-corrected chi connectivity index (χ3v) is 6.60. The molecule has 2 saturated heterocycles. The van der Waals surface area contributed by atoms with E-state index in [1.807, 2.05) is 0 Å². The van der Waals surface area contributed by atoms with Gasteiger partial charge in [-0.2, -0.15) is 11.3 Å². The van der Waals surface area contributed by atoms with Crippen molar-refractivity contribution >= 4 is 17.2 Å². The summed E-state index contributed by atoms with van der Waals surface area (Å²) < 4.78 is 5.70. The number of thiophene rings is 1. The fraction of sp³-hybridized carbons (Fsp3) is 0.722. The van der Waals surface area contributed by atoms with Crippen LogP contribution in [-0.4, -0.2) is 43.2 Å². The van der Waals surface area contributed by atoms with E-state index in [0.29, 0.717) is 6.61 Å². The molecular formula is C18H26N2O2S. The summed E-state index contributed by atoms with van der Waals surface area (Å²) in [5, 5.41) is 7.72. The summed E-state index contributed by atoms with van der Waals surface area (Å²) in [5.41, 5.74) is 1.69. The number of rotatable bonds is 4. The van der Waals surface area contributed by atoms with Gasteiger partial charge in [0.15, 0.2) is 0 Å². The van der Waals surface area contributed by atoms with Crippen LogP contribution < -0.4 is 5.32 Å². The van der Waals surface area contributed by atoms with Crippen LogP contribution in [0.3, 0.4) is 0 Å². The maximum Gasteiger partial charge on any atom is 0.223 e. The van der Waals surface area contributed by atoms with Crippen LogP contribution in [-0.2, 0) is 16.1 Å². The van der Waals surface area contributed by atoms with E-state index in [1.54, 1.807) is 11.3 Å². The van der Waals surface area contributed by atoms with Crippen LogP contribution in [0.15, 0.2) is 16.8 Å². The topological polar surface area (TPSA) is 41.6 Å². The van der Waals surface area contributed by atoms with Gasteiger partial charge in [-0.1, -0.05) is 0 Å². The standard InChI is InChI=1S/C18H26N2O2S/c21-17(15-1-2-15)19-16-12-22-9-6-18(16)4-7-20(8-5-18)11-14-3-10-23-13-14/h3,10,13,15-16H,1-2,4-9,11-12H2,(H,19,21). The van der Waals surface area contributed by atoms with Crippen molar-refractivity contribution in [3.05, 3.63) is 22.4 Å². The van der Waals surface area contributed by atoms with Crippen molar-refractivity contribution in [3.8, 4) is 0 Å². The van der Waals surface area contributed by atoms with Crippen molar-refractivity contribution in [2.45, 2.75) is 44.7 Å². The van der Waals surface area contributed by atoms with Gasteiger partial charge in [0, 0.05) is 19.1 Å². The molecule has 3 heterocycles. The molecule has 2 aliphatic heterocycles. The Bertz CT molecular complexity index is 533. The molecule has 1 N–H and O–H groups in total. The van der Waals surface area contributed by atoms with Crippen LogP contribution >= 0.6 is 11.3 Å². The largest absolute Gasteiger partial charge is 0.379 e. The summed E-state index contributed by atoms with van der Waals surface area (Å²) >= 11 is 1.77. The van der Waals surface area contributed by atoms with Gasteiger partial charge in [0.05, 0.1) is 12.6 Å². The molecule has 1 amide bonds. The Balaban J connectivity index is 1.37. The first-order chi connectivity index (χ1) is 11.3. The first-order valence-corrected chi connectivity index (χ1v) is 9.81. The minimum absolute atomic E-state index is 0.215. The molecule has 3 fully saturated rings. The molecule has 0 radical (unpaired) electrons. The van der Waals surface area contributed by atoms with Crippen LogP contribution in [0, 0.1) is 11.3 Å². The highest BCUT2D eigenvalue weighted by Crippen LogP contribution is 2.42. The Hall–Kier alpha value is -0.910. The van der Waals surface area contributed by atoms with Crippen molar-refractivity contribution in [1.82, 2.24) is 10.2 Å². The molecule has 4 rings (SSSR count). The Kier molecular flexibility index (Phi) is 4.43. The summed E-state index contributed by atoms with van der Waals surface area (Å²) in [6.45, 7) is 4.87. The van der Waals surface area contributed by atoms with Gasteiger partial charge < -0.3 is 10.1 Å². The Morgan fingerprint density at radius 3 is 2.87 bits per heavy atom. The van der Waals surface area contributed by atoms with E-state index in [0.717, 1.165) is 45.5 Å². The molecule has 126 valence electrons. The second-order valence-electron chi connectivity index (χ2n) is 7.43. The van der Waals surface area contributed by atoms with E-state index in [1.165, 1.54) is 18.4 Å². The van der Waals surface area contributed by atoms with E-state index >= 15 is 0 Å². The van der Waals surface area contributed by atoms with Crippen molar-refractivity contribution in [2.24, 2.45) is 11.3 Å². The van der Waals surface area contributed by atoms with Crippen molar-refractivity contribution in [3.63, 3.8) is 0 Å². The average molecular weight is 334 g/mol. The fourth-order valence-electron chi connectivity index (χ4n) is 4.05. The molecule has 0 bridgehead atoms. The van der Waals surface area contributed by atoms with Gasteiger partial charge in [0.2, 0.25) is 5.91 Å². The Morgan fingerprint density at radius 1 is 1.35 bits per heavy atom. The third-order valence-electron chi connectivity index (χ3n) is 5.87. The summed E-state index contributed by atoms with van der Waals surface area (Å²) in [7, 11) is 0. The molecule has 3 aliphatic rings. The maximum atomic E-state index is 12.2. The number of hydrogen-bond acceptors (Lipinski definition) is 4. The highest BCUT2D eigenvalue weighted by molar-refractivity contribution is 7.07. The molecule has 1 unspecified atom stereocenters. The minimum Gasteiger partial charge on any atom is -0.379 e. The van der Waals surface area contributed by atoms with Gasteiger partial charge in [0.25, 0.3) is 0 Å². The zero-order valence-corrected chi connectivity index (χ0v) is 14.4. The molecule has 1 spiro atoms. The smallest absolute Gasteiger partial charge is 0.223 e. The average Bonchev–Trinajstić information content (AvgIpc) is 3.30. The van der Waals surface area contributed by atoms with Gasteiger partial charge in [-0.05, 0) is 73.0 Å². The molecule has 5 heteroatoms.